The molecule has 1 aromatic heterocycles. The lowest BCUT2D eigenvalue weighted by atomic mass is 10.2. The molecule has 2 aromatic rings. The van der Waals surface area contributed by atoms with E-state index in [1.807, 2.05) is 45.0 Å². The molecule has 0 spiro atoms. The van der Waals surface area contributed by atoms with Crippen LogP contribution in [0.15, 0.2) is 52.5 Å². The molecular weight excluding hydrogens is 312 g/mol. The third kappa shape index (κ3) is 3.87. The molecule has 6 nitrogen and oxygen atoms in total. The molecule has 1 aromatic carbocycles. The summed E-state index contributed by atoms with van der Waals surface area (Å²) < 4.78 is 26.8. The minimum Gasteiger partial charge on any atom is -0.324 e. The SMILES string of the molecule is CC.Cc1cccc2c1NC(=NCc1ccccn1)NS2(=O)=O.[HH].[HH]. The van der Waals surface area contributed by atoms with Crippen LogP contribution < -0.4 is 10.0 Å². The second-order valence-electron chi connectivity index (χ2n) is 4.66. The minimum atomic E-state index is -3.58. The zero-order valence-electron chi connectivity index (χ0n) is 13.4. The highest BCUT2D eigenvalue weighted by Crippen LogP contribution is 2.27. The number of benzene rings is 1. The van der Waals surface area contributed by atoms with E-state index >= 15 is 0 Å². The largest absolute Gasteiger partial charge is 0.324 e. The Morgan fingerprint density at radius 2 is 1.96 bits per heavy atom. The lowest BCUT2D eigenvalue weighted by Crippen LogP contribution is -2.41. The van der Waals surface area contributed by atoms with Gasteiger partial charge in [0.1, 0.15) is 4.90 Å². The molecule has 0 atom stereocenters. The summed E-state index contributed by atoms with van der Waals surface area (Å²) in [5, 5.41) is 3.02. The van der Waals surface area contributed by atoms with Crippen LogP contribution in [0.2, 0.25) is 0 Å². The van der Waals surface area contributed by atoms with Crippen molar-refractivity contribution in [3.8, 4) is 0 Å². The van der Waals surface area contributed by atoms with Gasteiger partial charge in [-0.05, 0) is 30.7 Å². The number of pyridine rings is 1. The lowest BCUT2D eigenvalue weighted by molar-refractivity contribution is 0.591. The van der Waals surface area contributed by atoms with E-state index in [9.17, 15) is 8.42 Å². The van der Waals surface area contributed by atoms with Crippen LogP contribution in [0, 0.1) is 6.92 Å². The maximum absolute atomic E-state index is 12.2. The van der Waals surface area contributed by atoms with Gasteiger partial charge in [0, 0.05) is 9.05 Å². The fraction of sp³-hybridized carbons (Fsp3) is 0.250. The molecule has 1 aliphatic heterocycles. The molecule has 2 N–H and O–H groups in total. The Morgan fingerprint density at radius 1 is 1.17 bits per heavy atom. The fourth-order valence-electron chi connectivity index (χ4n) is 2.07. The van der Waals surface area contributed by atoms with Gasteiger partial charge in [0.15, 0.2) is 0 Å². The average molecular weight is 336 g/mol. The highest BCUT2D eigenvalue weighted by atomic mass is 32.2. The van der Waals surface area contributed by atoms with E-state index in [0.29, 0.717) is 12.2 Å². The highest BCUT2D eigenvalue weighted by Gasteiger charge is 2.27. The number of nitrogens with one attached hydrogen (secondary N) is 2. The van der Waals surface area contributed by atoms with Gasteiger partial charge in [-0.1, -0.05) is 32.0 Å². The fourth-order valence-corrected chi connectivity index (χ4v) is 3.29. The number of rotatable bonds is 2. The summed E-state index contributed by atoms with van der Waals surface area (Å²) in [5.41, 5.74) is 2.18. The standard InChI is InChI=1S/C14H14N4O2S.C2H6.2H2/c1-10-5-4-7-12-13(10)17-14(18-21(12,19)20)16-9-11-6-2-3-8-15-11;1-2;;/h2-8H,9H2,1H3,(H2,16,17,18);1-2H3;2*1H. The molecule has 1 aliphatic rings. The summed E-state index contributed by atoms with van der Waals surface area (Å²) in [4.78, 5) is 8.63. The normalized spacial score (nSPS) is 16.4. The van der Waals surface area contributed by atoms with Gasteiger partial charge < -0.3 is 5.32 Å². The maximum Gasteiger partial charge on any atom is 0.266 e. The van der Waals surface area contributed by atoms with E-state index in [1.165, 1.54) is 0 Å². The van der Waals surface area contributed by atoms with Crippen LogP contribution in [0.5, 0.6) is 0 Å². The van der Waals surface area contributed by atoms with Crippen LogP contribution in [0.25, 0.3) is 0 Å². The number of aromatic nitrogens is 1. The van der Waals surface area contributed by atoms with E-state index in [0.717, 1.165) is 11.3 Å². The zero-order chi connectivity index (χ0) is 16.9. The number of nitrogens with zero attached hydrogens (tertiary/aromatic N) is 2. The van der Waals surface area contributed by atoms with Crippen LogP contribution in [-0.4, -0.2) is 19.4 Å². The van der Waals surface area contributed by atoms with Crippen LogP contribution in [0.4, 0.5) is 5.69 Å². The number of aliphatic imine (C=N–C) groups is 1. The third-order valence-electron chi connectivity index (χ3n) is 3.12. The van der Waals surface area contributed by atoms with Crippen LogP contribution in [-0.2, 0) is 16.6 Å². The Morgan fingerprint density at radius 3 is 2.65 bits per heavy atom. The Kier molecular flexibility index (Phi) is 5.33. The minimum absolute atomic E-state index is 0. The number of guanidine groups is 1. The van der Waals surface area contributed by atoms with Gasteiger partial charge in [0.05, 0.1) is 17.9 Å². The zero-order valence-corrected chi connectivity index (χ0v) is 14.2. The van der Waals surface area contributed by atoms with Crippen molar-refractivity contribution in [1.29, 1.82) is 0 Å². The van der Waals surface area contributed by atoms with Crippen molar-refractivity contribution < 1.29 is 11.3 Å². The predicted molar refractivity (Wildman–Crippen MR) is 96.1 cm³/mol. The van der Waals surface area contributed by atoms with E-state index in [1.54, 1.807) is 18.3 Å². The summed E-state index contributed by atoms with van der Waals surface area (Å²) >= 11 is 0. The molecular formula is C16H24N4O2S. The Labute approximate surface area is 139 Å². The molecule has 0 radical (unpaired) electrons. The quantitative estimate of drug-likeness (QED) is 0.882. The lowest BCUT2D eigenvalue weighted by Gasteiger charge is -2.22. The smallest absolute Gasteiger partial charge is 0.266 e. The first kappa shape index (κ1) is 17.0. The molecule has 0 saturated heterocycles. The van der Waals surface area contributed by atoms with Gasteiger partial charge >= 0.3 is 0 Å². The molecule has 7 heteroatoms. The molecule has 0 bridgehead atoms. The predicted octanol–water partition coefficient (Wildman–Crippen LogP) is 3.17. The van der Waals surface area contributed by atoms with Crippen LogP contribution in [0.3, 0.4) is 0 Å². The number of hydrogen-bond acceptors (Lipinski definition) is 4. The first-order valence-corrected chi connectivity index (χ1v) is 8.88. The molecule has 0 unspecified atom stereocenters. The number of fused-ring (bicyclic) bond motifs is 1. The Balaban J connectivity index is 0.00000139. The van der Waals surface area contributed by atoms with Crippen molar-refractivity contribution in [2.75, 3.05) is 5.32 Å². The molecule has 0 aliphatic carbocycles. The van der Waals surface area contributed by atoms with Gasteiger partial charge in [-0.25, -0.2) is 18.1 Å². The number of sulfonamides is 1. The molecule has 0 fully saturated rings. The van der Waals surface area contributed by atoms with Gasteiger partial charge in [-0.3, -0.25) is 4.98 Å². The average Bonchev–Trinajstić information content (AvgIpc) is 2.56. The maximum atomic E-state index is 12.2. The number of para-hydroxylation sites is 1. The summed E-state index contributed by atoms with van der Waals surface area (Å²) in [6.07, 6.45) is 1.67. The molecule has 3 rings (SSSR count). The van der Waals surface area contributed by atoms with Crippen molar-refractivity contribution in [2.45, 2.75) is 32.2 Å². The second-order valence-corrected chi connectivity index (χ2v) is 6.32. The number of anilines is 1. The van der Waals surface area contributed by atoms with Crippen molar-refractivity contribution in [1.82, 2.24) is 9.71 Å². The highest BCUT2D eigenvalue weighted by molar-refractivity contribution is 7.90. The molecule has 126 valence electrons. The van der Waals surface area contributed by atoms with Crippen molar-refractivity contribution in [3.63, 3.8) is 0 Å². The van der Waals surface area contributed by atoms with E-state index in [4.69, 9.17) is 0 Å². The molecule has 23 heavy (non-hydrogen) atoms. The Bertz CT molecular complexity index is 812. The third-order valence-corrected chi connectivity index (χ3v) is 4.51. The van der Waals surface area contributed by atoms with Crippen molar-refractivity contribution in [3.05, 3.63) is 53.9 Å². The van der Waals surface area contributed by atoms with Gasteiger partial charge in [0.2, 0.25) is 5.96 Å². The number of aryl methyl sites for hydroxylation is 1. The van der Waals surface area contributed by atoms with Gasteiger partial charge in [-0.2, -0.15) is 0 Å². The molecule has 2 heterocycles. The topological polar surface area (TPSA) is 83.4 Å². The van der Waals surface area contributed by atoms with Crippen molar-refractivity contribution in [2.24, 2.45) is 4.99 Å². The van der Waals surface area contributed by atoms with Gasteiger partial charge in [-0.15, -0.1) is 0 Å². The number of hydrogen-bond donors (Lipinski definition) is 2. The first-order chi connectivity index (χ1) is 11.1. The Hall–Kier alpha value is -2.41. The summed E-state index contributed by atoms with van der Waals surface area (Å²) in [5.74, 6) is 0.211. The van der Waals surface area contributed by atoms with Gasteiger partial charge in [0.25, 0.3) is 10.0 Å². The van der Waals surface area contributed by atoms with Crippen LogP contribution >= 0.6 is 0 Å². The molecule has 0 saturated carbocycles. The van der Waals surface area contributed by atoms with Crippen molar-refractivity contribution >= 4 is 21.7 Å². The summed E-state index contributed by atoms with van der Waals surface area (Å²) in [7, 11) is -3.58. The van der Waals surface area contributed by atoms with E-state index < -0.39 is 10.0 Å². The summed E-state index contributed by atoms with van der Waals surface area (Å²) in [6, 6.07) is 10.6. The van der Waals surface area contributed by atoms with Crippen LogP contribution in [0.1, 0.15) is 28.0 Å². The monoisotopic (exact) mass is 336 g/mol. The molecule has 0 amide bonds. The van der Waals surface area contributed by atoms with E-state index in [2.05, 4.69) is 20.0 Å². The first-order valence-electron chi connectivity index (χ1n) is 7.40. The second kappa shape index (κ2) is 7.23. The van der Waals surface area contributed by atoms with E-state index in [-0.39, 0.29) is 13.7 Å². The summed E-state index contributed by atoms with van der Waals surface area (Å²) in [6.45, 7) is 6.15.